The zero-order valence-electron chi connectivity index (χ0n) is 59.8. The Bertz CT molecular complexity index is 2190. The SMILES string of the molecule is CC/C=C\C/C=C\C/C=C\C/C=C\C/C=C\C/C=C\C/C=C\C/C=C\CCCCCCCCCCCCCCCCC(=O)OC(COC(=O)CCCCCCCCC/C=C\C/C=C\C/C=C\C/C=C\C/C=C\C/C=C\C/C=C\CC)COC(OCC[N+](C)(C)C)C(=O)[O-]. The normalized spacial score (nSPS) is 13.8. The highest BCUT2D eigenvalue weighted by Gasteiger charge is 2.22. The first kappa shape index (κ1) is 87.4. The summed E-state index contributed by atoms with van der Waals surface area (Å²) in [6, 6.07) is 0. The Morgan fingerprint density at radius 3 is 0.860 bits per heavy atom. The van der Waals surface area contributed by atoms with Crippen molar-refractivity contribution < 1.29 is 42.9 Å². The Hall–Kier alpha value is -5.61. The van der Waals surface area contributed by atoms with E-state index in [9.17, 15) is 19.5 Å². The van der Waals surface area contributed by atoms with E-state index in [1.165, 1.54) is 89.9 Å². The van der Waals surface area contributed by atoms with Crippen LogP contribution < -0.4 is 5.11 Å². The summed E-state index contributed by atoms with van der Waals surface area (Å²) in [5.74, 6) is -2.31. The van der Waals surface area contributed by atoms with Crippen LogP contribution in [-0.2, 0) is 33.3 Å². The van der Waals surface area contributed by atoms with Crippen molar-refractivity contribution in [2.45, 2.75) is 283 Å². The number of allylic oxidation sites excluding steroid dienone is 30. The van der Waals surface area contributed by atoms with Gasteiger partial charge in [0.15, 0.2) is 12.4 Å². The summed E-state index contributed by atoms with van der Waals surface area (Å²) < 4.78 is 22.8. The molecule has 0 heterocycles. The number of hydrogen-bond donors (Lipinski definition) is 0. The fourth-order valence-electron chi connectivity index (χ4n) is 9.59. The number of aliphatic carboxylic acids is 1. The van der Waals surface area contributed by atoms with Gasteiger partial charge in [-0.05, 0) is 135 Å². The first-order valence-electron chi connectivity index (χ1n) is 36.9. The molecule has 0 aliphatic heterocycles. The molecule has 93 heavy (non-hydrogen) atoms. The summed E-state index contributed by atoms with van der Waals surface area (Å²) in [6.45, 7) is 4.50. The molecule has 0 aliphatic carbocycles. The van der Waals surface area contributed by atoms with E-state index in [1.807, 2.05) is 21.1 Å². The number of ether oxygens (including phenoxy) is 4. The molecule has 0 aromatic carbocycles. The second-order valence-electron chi connectivity index (χ2n) is 25.1. The number of carbonyl (C=O) groups is 3. The van der Waals surface area contributed by atoms with Gasteiger partial charge in [-0.1, -0.05) is 305 Å². The van der Waals surface area contributed by atoms with E-state index in [-0.39, 0.29) is 38.6 Å². The van der Waals surface area contributed by atoms with Gasteiger partial charge in [-0.25, -0.2) is 0 Å². The smallest absolute Gasteiger partial charge is 0.306 e. The van der Waals surface area contributed by atoms with Crippen LogP contribution in [0.3, 0.4) is 0 Å². The lowest BCUT2D eigenvalue weighted by Crippen LogP contribution is -2.44. The second-order valence-corrected chi connectivity index (χ2v) is 25.1. The van der Waals surface area contributed by atoms with Gasteiger partial charge in [-0.15, -0.1) is 0 Å². The molecule has 9 nitrogen and oxygen atoms in total. The molecular formula is C84H135NO8. The van der Waals surface area contributed by atoms with E-state index in [4.69, 9.17) is 18.9 Å². The number of likely N-dealkylation sites (N-methyl/N-ethyl adjacent to an activating group) is 1. The first-order valence-corrected chi connectivity index (χ1v) is 36.9. The molecule has 0 N–H and O–H groups in total. The van der Waals surface area contributed by atoms with Crippen molar-refractivity contribution in [2.75, 3.05) is 47.5 Å². The molecule has 2 unspecified atom stereocenters. The highest BCUT2D eigenvalue weighted by atomic mass is 16.7. The van der Waals surface area contributed by atoms with Crippen LogP contribution in [0.15, 0.2) is 182 Å². The van der Waals surface area contributed by atoms with Crippen LogP contribution in [0.5, 0.6) is 0 Å². The van der Waals surface area contributed by atoms with Gasteiger partial charge in [-0.3, -0.25) is 9.59 Å². The van der Waals surface area contributed by atoms with Crippen LogP contribution in [0.2, 0.25) is 0 Å². The molecule has 0 saturated heterocycles. The van der Waals surface area contributed by atoms with Gasteiger partial charge in [0.05, 0.1) is 40.3 Å². The molecule has 0 radical (unpaired) electrons. The second kappa shape index (κ2) is 72.2. The van der Waals surface area contributed by atoms with Gasteiger partial charge >= 0.3 is 11.9 Å². The highest BCUT2D eigenvalue weighted by Crippen LogP contribution is 2.16. The molecule has 0 aliphatic rings. The van der Waals surface area contributed by atoms with Gasteiger partial charge in [0.25, 0.3) is 0 Å². The van der Waals surface area contributed by atoms with Crippen LogP contribution in [0.25, 0.3) is 0 Å². The molecule has 0 rings (SSSR count). The molecule has 0 amide bonds. The van der Waals surface area contributed by atoms with Crippen molar-refractivity contribution in [3.05, 3.63) is 182 Å². The fraction of sp³-hybridized carbons (Fsp3) is 0.607. The molecular weight excluding hydrogens is 1150 g/mol. The quantitative estimate of drug-likeness (QED) is 0.0195. The number of rotatable bonds is 66. The maximum absolute atomic E-state index is 13.0. The van der Waals surface area contributed by atoms with E-state index in [0.717, 1.165) is 148 Å². The Labute approximate surface area is 570 Å². The van der Waals surface area contributed by atoms with Crippen LogP contribution in [-0.4, -0.2) is 82.3 Å². The zero-order valence-corrected chi connectivity index (χ0v) is 59.8. The minimum absolute atomic E-state index is 0.137. The lowest BCUT2D eigenvalue weighted by atomic mass is 10.0. The Balaban J connectivity index is 4.16. The maximum Gasteiger partial charge on any atom is 0.306 e. The first-order chi connectivity index (χ1) is 45.6. The Kier molecular flexibility index (Phi) is 67.9. The van der Waals surface area contributed by atoms with Gasteiger partial charge in [0.2, 0.25) is 0 Å². The third-order valence-electron chi connectivity index (χ3n) is 15.1. The van der Waals surface area contributed by atoms with Crippen molar-refractivity contribution in [3.63, 3.8) is 0 Å². The van der Waals surface area contributed by atoms with Crippen molar-refractivity contribution in [1.29, 1.82) is 0 Å². The number of unbranched alkanes of at least 4 members (excludes halogenated alkanes) is 21. The number of carboxylic acid groups (broad SMARTS) is 1. The topological polar surface area (TPSA) is 111 Å². The average Bonchev–Trinajstić information content (AvgIpc) is 3.38. The zero-order chi connectivity index (χ0) is 67.5. The number of carboxylic acids is 1. The summed E-state index contributed by atoms with van der Waals surface area (Å²) in [7, 11) is 5.92. The van der Waals surface area contributed by atoms with Crippen LogP contribution in [0.1, 0.15) is 271 Å². The molecule has 0 spiro atoms. The van der Waals surface area contributed by atoms with Gasteiger partial charge < -0.3 is 33.3 Å². The number of nitrogens with zero attached hydrogens (tertiary/aromatic N) is 1. The third-order valence-corrected chi connectivity index (χ3v) is 15.1. The molecule has 524 valence electrons. The molecule has 0 fully saturated rings. The van der Waals surface area contributed by atoms with Crippen molar-refractivity contribution >= 4 is 17.9 Å². The van der Waals surface area contributed by atoms with Crippen LogP contribution in [0, 0.1) is 0 Å². The Morgan fingerprint density at radius 1 is 0.323 bits per heavy atom. The van der Waals surface area contributed by atoms with Crippen LogP contribution >= 0.6 is 0 Å². The van der Waals surface area contributed by atoms with E-state index in [1.54, 1.807) is 0 Å². The maximum atomic E-state index is 13.0. The van der Waals surface area contributed by atoms with E-state index in [2.05, 4.69) is 196 Å². The summed E-state index contributed by atoms with van der Waals surface area (Å²) in [5, 5.41) is 11.8. The minimum atomic E-state index is -1.64. The van der Waals surface area contributed by atoms with Gasteiger partial charge in [-0.2, -0.15) is 0 Å². The Morgan fingerprint density at radius 2 is 0.581 bits per heavy atom. The fourth-order valence-corrected chi connectivity index (χ4v) is 9.59. The number of hydrogen-bond acceptors (Lipinski definition) is 8. The van der Waals surface area contributed by atoms with Crippen molar-refractivity contribution in [2.24, 2.45) is 0 Å². The van der Waals surface area contributed by atoms with E-state index < -0.39 is 24.3 Å². The highest BCUT2D eigenvalue weighted by molar-refractivity contribution is 5.70. The summed E-state index contributed by atoms with van der Waals surface area (Å²) in [6.07, 6.45) is 107. The summed E-state index contributed by atoms with van der Waals surface area (Å²) in [5.41, 5.74) is 0. The minimum Gasteiger partial charge on any atom is -0.545 e. The number of quaternary nitrogens is 1. The van der Waals surface area contributed by atoms with E-state index >= 15 is 0 Å². The van der Waals surface area contributed by atoms with Crippen LogP contribution in [0.4, 0.5) is 0 Å². The summed E-state index contributed by atoms with van der Waals surface area (Å²) >= 11 is 0. The van der Waals surface area contributed by atoms with Crippen molar-refractivity contribution in [1.82, 2.24) is 0 Å². The largest absolute Gasteiger partial charge is 0.545 e. The monoisotopic (exact) mass is 1290 g/mol. The summed E-state index contributed by atoms with van der Waals surface area (Å²) in [4.78, 5) is 37.6. The molecule has 0 aromatic heterocycles. The average molecular weight is 1290 g/mol. The molecule has 0 saturated carbocycles. The number of esters is 2. The van der Waals surface area contributed by atoms with Crippen molar-refractivity contribution in [3.8, 4) is 0 Å². The predicted molar refractivity (Wildman–Crippen MR) is 398 cm³/mol. The lowest BCUT2D eigenvalue weighted by Gasteiger charge is -2.26. The third kappa shape index (κ3) is 73.7. The van der Waals surface area contributed by atoms with E-state index in [0.29, 0.717) is 17.4 Å². The molecule has 0 aromatic rings. The predicted octanol–water partition coefficient (Wildman–Crippen LogP) is 22.2. The molecule has 0 bridgehead atoms. The lowest BCUT2D eigenvalue weighted by molar-refractivity contribution is -0.870. The standard InChI is InChI=1S/C84H135NO8/c1-6-8-10-12-14-16-18-20-22-24-26-28-30-32-34-36-37-38-39-40-41-42-43-44-45-47-49-51-53-55-57-59-61-63-65-67-69-71-73-75-82(87)93-80(79-92-84(83(88)89)90-77-76-85(3,4)5)78-91-81(86)74-72-70-68-66-64-62-60-58-56-54-52-50-48-46-35-33-31-29-27-25-23-21-19-17-15-13-11-9-7-2/h8-11,14-17,20-23,26-29,32-35,37-38,40-41,43-44,48,50,54,56,80,84H,6-7,12-13,18-19,24-25,30-31,36,39,42,45-47,49,51-53,55,57-79H2,1-5H3/b10-8-,11-9-,16-14-,17-15-,22-20-,23-21-,28-26-,29-27-,34-32-,35-33-,38-37-,41-40-,44-43-,50-48-,56-54-. The van der Waals surface area contributed by atoms with Gasteiger partial charge in [0, 0.05) is 12.8 Å². The molecule has 9 heteroatoms. The molecule has 2 atom stereocenters. The van der Waals surface area contributed by atoms with Gasteiger partial charge in [0.1, 0.15) is 13.2 Å². The number of carbonyl (C=O) groups excluding carboxylic acids is 3.